The van der Waals surface area contributed by atoms with Gasteiger partial charge in [0.15, 0.2) is 5.05 Å². The lowest BCUT2D eigenvalue weighted by molar-refractivity contribution is 0.533. The van der Waals surface area contributed by atoms with Gasteiger partial charge in [0.1, 0.15) is 0 Å². The minimum Gasteiger partial charge on any atom is -0.501 e. The smallest absolute Gasteiger partial charge is 0.172 e. The molecule has 0 saturated heterocycles. The van der Waals surface area contributed by atoms with Gasteiger partial charge in [-0.15, -0.1) is 0 Å². The van der Waals surface area contributed by atoms with Crippen LogP contribution in [0.3, 0.4) is 0 Å². The second kappa shape index (κ2) is 2.69. The summed E-state index contributed by atoms with van der Waals surface area (Å²) in [5.74, 6) is 0. The molecular formula is C5H10OS2. The van der Waals surface area contributed by atoms with Crippen molar-refractivity contribution in [3.05, 3.63) is 0 Å². The Kier molecular flexibility index (Phi) is 2.77. The van der Waals surface area contributed by atoms with E-state index in [1.165, 1.54) is 0 Å². The Morgan fingerprint density at radius 1 is 1.62 bits per heavy atom. The van der Waals surface area contributed by atoms with Crippen LogP contribution in [0.5, 0.6) is 0 Å². The highest BCUT2D eigenvalue weighted by atomic mass is 32.2. The van der Waals surface area contributed by atoms with Crippen molar-refractivity contribution in [3.8, 4) is 0 Å². The van der Waals surface area contributed by atoms with Crippen LogP contribution < -0.4 is 0 Å². The summed E-state index contributed by atoms with van der Waals surface area (Å²) in [5.41, 5.74) is 0. The Bertz CT molecular complexity index is 98.6. The van der Waals surface area contributed by atoms with Gasteiger partial charge in [-0.05, 0) is 32.3 Å². The minimum atomic E-state index is -0.255. The van der Waals surface area contributed by atoms with Crippen LogP contribution in [-0.4, -0.2) is 21.2 Å². The molecule has 0 unspecified atom stereocenters. The van der Waals surface area contributed by atoms with E-state index in [2.05, 4.69) is 12.2 Å². The average molecular weight is 150 g/mol. The van der Waals surface area contributed by atoms with Crippen LogP contribution in [0.25, 0.3) is 0 Å². The minimum absolute atomic E-state index is 0.0741. The lowest BCUT2D eigenvalue weighted by Gasteiger charge is -2.17. The van der Waals surface area contributed by atoms with E-state index in [0.29, 0.717) is 0 Å². The van der Waals surface area contributed by atoms with Crippen molar-refractivity contribution in [2.75, 3.05) is 6.26 Å². The standard InChI is InChI=1S/C5H10OS2/c1-5(2,8-3)4(6)7/h1-3H3,(H,6,7). The van der Waals surface area contributed by atoms with E-state index in [1.54, 1.807) is 11.8 Å². The van der Waals surface area contributed by atoms with Crippen LogP contribution in [0.2, 0.25) is 0 Å². The van der Waals surface area contributed by atoms with E-state index < -0.39 is 0 Å². The lowest BCUT2D eigenvalue weighted by Crippen LogP contribution is -2.24. The summed E-state index contributed by atoms with van der Waals surface area (Å²) < 4.78 is -0.255. The van der Waals surface area contributed by atoms with Crippen LogP contribution in [0, 0.1) is 0 Å². The number of hydrogen-bond donors (Lipinski definition) is 1. The summed E-state index contributed by atoms with van der Waals surface area (Å²) in [4.78, 5) is 0. The van der Waals surface area contributed by atoms with E-state index in [9.17, 15) is 0 Å². The summed E-state index contributed by atoms with van der Waals surface area (Å²) in [6.07, 6.45) is 1.92. The van der Waals surface area contributed by atoms with Gasteiger partial charge in [0.2, 0.25) is 0 Å². The predicted molar refractivity (Wildman–Crippen MR) is 42.8 cm³/mol. The lowest BCUT2D eigenvalue weighted by atomic mass is 10.2. The summed E-state index contributed by atoms with van der Waals surface area (Å²) in [6, 6.07) is 0. The van der Waals surface area contributed by atoms with Crippen LogP contribution in [-0.2, 0) is 0 Å². The molecule has 0 bridgehead atoms. The maximum absolute atomic E-state index is 8.79. The third-order valence-corrected chi connectivity index (χ3v) is 2.88. The summed E-state index contributed by atoms with van der Waals surface area (Å²) in [7, 11) is 0. The van der Waals surface area contributed by atoms with Gasteiger partial charge in [0, 0.05) is 0 Å². The zero-order chi connectivity index (χ0) is 6.78. The summed E-state index contributed by atoms with van der Waals surface area (Å²) >= 11 is 6.11. The molecule has 8 heavy (non-hydrogen) atoms. The molecule has 0 aliphatic carbocycles. The van der Waals surface area contributed by atoms with E-state index in [0.717, 1.165) is 0 Å². The second-order valence-electron chi connectivity index (χ2n) is 2.02. The monoisotopic (exact) mass is 150 g/mol. The van der Waals surface area contributed by atoms with Crippen molar-refractivity contribution >= 4 is 29.0 Å². The van der Waals surface area contributed by atoms with Gasteiger partial charge < -0.3 is 5.11 Å². The van der Waals surface area contributed by atoms with Gasteiger partial charge in [-0.2, -0.15) is 11.8 Å². The molecule has 0 amide bonds. The normalized spacial score (nSPS) is 11.4. The molecule has 3 heteroatoms. The zero-order valence-electron chi connectivity index (χ0n) is 5.26. The Morgan fingerprint density at radius 2 is 2.00 bits per heavy atom. The van der Waals surface area contributed by atoms with Crippen molar-refractivity contribution in [2.45, 2.75) is 18.6 Å². The second-order valence-corrected chi connectivity index (χ2v) is 3.84. The molecular weight excluding hydrogens is 140 g/mol. The molecule has 0 atom stereocenters. The quantitative estimate of drug-likeness (QED) is 0.608. The third-order valence-electron chi connectivity index (χ3n) is 1.03. The highest BCUT2D eigenvalue weighted by molar-refractivity contribution is 8.01. The maximum Gasteiger partial charge on any atom is 0.172 e. The Labute approximate surface area is 59.5 Å². The molecule has 48 valence electrons. The van der Waals surface area contributed by atoms with E-state index in [-0.39, 0.29) is 9.80 Å². The van der Waals surface area contributed by atoms with Gasteiger partial charge in [-0.3, -0.25) is 0 Å². The Morgan fingerprint density at radius 3 is 2.00 bits per heavy atom. The molecule has 0 heterocycles. The number of aliphatic hydroxyl groups is 1. The van der Waals surface area contributed by atoms with E-state index in [1.807, 2.05) is 20.1 Å². The number of aliphatic hydroxyl groups excluding tert-OH is 1. The van der Waals surface area contributed by atoms with Gasteiger partial charge >= 0.3 is 0 Å². The molecule has 0 rings (SSSR count). The number of thiocarbonyl (C=S) groups is 1. The molecule has 0 aromatic heterocycles. The first-order chi connectivity index (χ1) is 3.50. The van der Waals surface area contributed by atoms with Crippen molar-refractivity contribution in [1.82, 2.24) is 0 Å². The largest absolute Gasteiger partial charge is 0.501 e. The van der Waals surface area contributed by atoms with Gasteiger partial charge in [-0.1, -0.05) is 0 Å². The molecule has 0 aromatic carbocycles. The summed E-state index contributed by atoms with van der Waals surface area (Å²) in [5, 5.41) is 8.86. The SMILES string of the molecule is CSC(C)(C)C(O)=S. The molecule has 0 saturated carbocycles. The van der Waals surface area contributed by atoms with Crippen LogP contribution >= 0.6 is 24.0 Å². The molecule has 0 aliphatic heterocycles. The number of hydrogen-bond acceptors (Lipinski definition) is 2. The van der Waals surface area contributed by atoms with Crippen molar-refractivity contribution in [1.29, 1.82) is 0 Å². The number of rotatable bonds is 2. The molecule has 1 N–H and O–H groups in total. The van der Waals surface area contributed by atoms with Gasteiger partial charge in [-0.25, -0.2) is 0 Å². The van der Waals surface area contributed by atoms with Gasteiger partial charge in [0.25, 0.3) is 0 Å². The number of thioether (sulfide) groups is 1. The molecule has 0 spiro atoms. The van der Waals surface area contributed by atoms with Crippen molar-refractivity contribution < 1.29 is 5.11 Å². The molecule has 0 aliphatic rings. The Hall–Kier alpha value is 0.240. The van der Waals surface area contributed by atoms with Crippen molar-refractivity contribution in [3.63, 3.8) is 0 Å². The fourth-order valence-corrected chi connectivity index (χ4v) is 0.512. The molecule has 0 aromatic rings. The first kappa shape index (κ1) is 8.24. The third kappa shape index (κ3) is 2.01. The fourth-order valence-electron chi connectivity index (χ4n) is 0.0873. The first-order valence-electron chi connectivity index (χ1n) is 2.29. The highest BCUT2D eigenvalue weighted by Gasteiger charge is 2.20. The fraction of sp³-hybridized carbons (Fsp3) is 0.800. The van der Waals surface area contributed by atoms with Crippen LogP contribution in [0.1, 0.15) is 13.8 Å². The average Bonchev–Trinajstić information content (AvgIpc) is 1.67. The first-order valence-corrected chi connectivity index (χ1v) is 3.92. The summed E-state index contributed by atoms with van der Waals surface area (Å²) in [6.45, 7) is 3.78. The van der Waals surface area contributed by atoms with Crippen molar-refractivity contribution in [2.24, 2.45) is 0 Å². The van der Waals surface area contributed by atoms with Gasteiger partial charge in [0.05, 0.1) is 4.75 Å². The van der Waals surface area contributed by atoms with E-state index in [4.69, 9.17) is 5.11 Å². The van der Waals surface area contributed by atoms with Crippen LogP contribution in [0.15, 0.2) is 0 Å². The molecule has 0 radical (unpaired) electrons. The van der Waals surface area contributed by atoms with E-state index >= 15 is 0 Å². The highest BCUT2D eigenvalue weighted by Crippen LogP contribution is 2.21. The molecule has 0 fully saturated rings. The topological polar surface area (TPSA) is 20.2 Å². The molecule has 1 nitrogen and oxygen atoms in total. The predicted octanol–water partition coefficient (Wildman–Crippen LogP) is 2.01. The van der Waals surface area contributed by atoms with Crippen LogP contribution in [0.4, 0.5) is 0 Å². The maximum atomic E-state index is 8.79. The Balaban J connectivity index is 3.91. The zero-order valence-corrected chi connectivity index (χ0v) is 6.90.